The van der Waals surface area contributed by atoms with Crippen molar-refractivity contribution in [2.75, 3.05) is 26.7 Å². The zero-order valence-corrected chi connectivity index (χ0v) is 24.0. The van der Waals surface area contributed by atoms with Crippen molar-refractivity contribution >= 4 is 18.0 Å². The molecule has 1 fully saturated rings. The Balaban J connectivity index is 1.21. The fourth-order valence-corrected chi connectivity index (χ4v) is 6.41. The minimum absolute atomic E-state index is 0.0719. The minimum atomic E-state index is -0.814. The van der Waals surface area contributed by atoms with Gasteiger partial charge in [0.05, 0.1) is 0 Å². The summed E-state index contributed by atoms with van der Waals surface area (Å²) in [6.07, 6.45) is 2.06. The van der Waals surface area contributed by atoms with E-state index in [9.17, 15) is 14.4 Å². The Morgan fingerprint density at radius 1 is 0.905 bits per heavy atom. The molecule has 0 aromatic heterocycles. The maximum atomic E-state index is 13.4. The Morgan fingerprint density at radius 2 is 1.52 bits per heavy atom. The van der Waals surface area contributed by atoms with Crippen LogP contribution >= 0.6 is 0 Å². The van der Waals surface area contributed by atoms with Gasteiger partial charge in [-0.05, 0) is 66.0 Å². The number of carbonyl (C=O) groups is 3. The first kappa shape index (κ1) is 29.3. The van der Waals surface area contributed by atoms with Crippen LogP contribution in [0.5, 0.6) is 0 Å². The summed E-state index contributed by atoms with van der Waals surface area (Å²) in [7, 11) is 1.92. The monoisotopic (exact) mass is 569 g/mol. The third-order valence-corrected chi connectivity index (χ3v) is 8.42. The summed E-state index contributed by atoms with van der Waals surface area (Å²) in [5, 5.41) is 14.9. The van der Waals surface area contributed by atoms with Gasteiger partial charge in [0.25, 0.3) is 0 Å². The molecule has 8 heteroatoms. The maximum absolute atomic E-state index is 13.4. The summed E-state index contributed by atoms with van der Waals surface area (Å²) in [4.78, 5) is 39.6. The van der Waals surface area contributed by atoms with Crippen molar-refractivity contribution in [1.82, 2.24) is 15.5 Å². The van der Waals surface area contributed by atoms with Crippen LogP contribution in [0.3, 0.4) is 0 Å². The standard InChI is InChI=1S/C34H39N3O5/c1-37(20-23-9-3-2-4-10-23)21-31(33(40)35-19-25-16-15-24(17-25)18-32(38)39)36-34(41)42-22-30-28-13-7-5-11-26(28)27-12-6-8-14-29(27)30/h2-14,24-25,30-31H,15-22H2,1H3,(H,35,40)(H,36,41)(H,38,39). The van der Waals surface area contributed by atoms with Crippen molar-refractivity contribution in [3.63, 3.8) is 0 Å². The first-order valence-corrected chi connectivity index (χ1v) is 14.7. The second-order valence-electron chi connectivity index (χ2n) is 11.6. The van der Waals surface area contributed by atoms with E-state index < -0.39 is 18.1 Å². The molecule has 2 amide bonds. The topological polar surface area (TPSA) is 108 Å². The van der Waals surface area contributed by atoms with E-state index in [0.29, 0.717) is 19.6 Å². The number of amides is 2. The first-order chi connectivity index (χ1) is 20.4. The molecule has 220 valence electrons. The van der Waals surface area contributed by atoms with Crippen molar-refractivity contribution in [2.24, 2.45) is 11.8 Å². The van der Waals surface area contributed by atoms with Gasteiger partial charge in [0.1, 0.15) is 12.6 Å². The number of ether oxygens (including phenoxy) is 1. The summed E-state index contributed by atoms with van der Waals surface area (Å²) in [6, 6.07) is 25.5. The Morgan fingerprint density at radius 3 is 2.19 bits per heavy atom. The van der Waals surface area contributed by atoms with Crippen LogP contribution in [0.4, 0.5) is 4.79 Å². The van der Waals surface area contributed by atoms with E-state index in [1.165, 1.54) is 0 Å². The summed E-state index contributed by atoms with van der Waals surface area (Å²) in [6.45, 7) is 1.55. The molecule has 2 aliphatic rings. The van der Waals surface area contributed by atoms with Gasteiger partial charge in [0.15, 0.2) is 0 Å². The van der Waals surface area contributed by atoms with Gasteiger partial charge in [0, 0.05) is 32.0 Å². The molecule has 3 unspecified atom stereocenters. The average molecular weight is 570 g/mol. The van der Waals surface area contributed by atoms with Crippen LogP contribution in [0, 0.1) is 11.8 Å². The van der Waals surface area contributed by atoms with E-state index >= 15 is 0 Å². The largest absolute Gasteiger partial charge is 0.481 e. The van der Waals surface area contributed by atoms with Gasteiger partial charge in [-0.15, -0.1) is 0 Å². The molecule has 42 heavy (non-hydrogen) atoms. The molecule has 3 aromatic carbocycles. The summed E-state index contributed by atoms with van der Waals surface area (Å²) >= 11 is 0. The van der Waals surface area contributed by atoms with Gasteiger partial charge in [-0.2, -0.15) is 0 Å². The number of hydrogen-bond acceptors (Lipinski definition) is 5. The van der Waals surface area contributed by atoms with E-state index in [2.05, 4.69) is 34.9 Å². The molecule has 0 radical (unpaired) electrons. The second kappa shape index (κ2) is 13.7. The van der Waals surface area contributed by atoms with Crippen molar-refractivity contribution in [2.45, 2.75) is 44.2 Å². The number of hydrogen-bond donors (Lipinski definition) is 3. The van der Waals surface area contributed by atoms with Gasteiger partial charge in [-0.1, -0.05) is 78.9 Å². The first-order valence-electron chi connectivity index (χ1n) is 14.7. The number of rotatable bonds is 12. The fourth-order valence-electron chi connectivity index (χ4n) is 6.41. The van der Waals surface area contributed by atoms with Crippen molar-refractivity contribution < 1.29 is 24.2 Å². The van der Waals surface area contributed by atoms with E-state index in [1.807, 2.05) is 66.5 Å². The molecule has 1 saturated carbocycles. The molecule has 0 aliphatic heterocycles. The predicted molar refractivity (Wildman–Crippen MR) is 161 cm³/mol. The average Bonchev–Trinajstić information content (AvgIpc) is 3.56. The number of nitrogens with zero attached hydrogens (tertiary/aromatic N) is 1. The van der Waals surface area contributed by atoms with Crippen molar-refractivity contribution in [3.05, 3.63) is 95.6 Å². The van der Waals surface area contributed by atoms with Crippen molar-refractivity contribution in [3.8, 4) is 11.1 Å². The second-order valence-corrected chi connectivity index (χ2v) is 11.6. The molecule has 0 spiro atoms. The molecule has 3 aromatic rings. The molecular formula is C34H39N3O5. The molecule has 0 heterocycles. The maximum Gasteiger partial charge on any atom is 0.407 e. The SMILES string of the molecule is CN(Cc1ccccc1)CC(NC(=O)OCC1c2ccccc2-c2ccccc21)C(=O)NCC1CCC(CC(=O)O)C1. The Labute approximate surface area is 247 Å². The molecule has 8 nitrogen and oxygen atoms in total. The smallest absolute Gasteiger partial charge is 0.407 e. The summed E-state index contributed by atoms with van der Waals surface area (Å²) in [5.74, 6) is -0.743. The van der Waals surface area contributed by atoms with Gasteiger partial charge in [-0.25, -0.2) is 4.79 Å². The summed E-state index contributed by atoms with van der Waals surface area (Å²) in [5.41, 5.74) is 5.66. The predicted octanol–water partition coefficient (Wildman–Crippen LogP) is 5.03. The Hall–Kier alpha value is -4.17. The van der Waals surface area contributed by atoms with Crippen LogP contribution in [-0.4, -0.2) is 60.8 Å². The molecule has 5 rings (SSSR count). The van der Waals surface area contributed by atoms with Crippen LogP contribution in [-0.2, 0) is 20.9 Å². The van der Waals surface area contributed by atoms with Gasteiger partial charge < -0.3 is 20.5 Å². The fraction of sp³-hybridized carbons (Fsp3) is 0.382. The number of alkyl carbamates (subject to hydrolysis) is 1. The lowest BCUT2D eigenvalue weighted by molar-refractivity contribution is -0.138. The quantitative estimate of drug-likeness (QED) is 0.282. The highest BCUT2D eigenvalue weighted by Crippen LogP contribution is 2.44. The number of carboxylic acids is 1. The van der Waals surface area contributed by atoms with Crippen LogP contribution in [0.2, 0.25) is 0 Å². The Bertz CT molecular complexity index is 1350. The van der Waals surface area contributed by atoms with Gasteiger partial charge in [-0.3, -0.25) is 14.5 Å². The number of benzene rings is 3. The van der Waals surface area contributed by atoms with Crippen LogP contribution < -0.4 is 10.6 Å². The summed E-state index contributed by atoms with van der Waals surface area (Å²) < 4.78 is 5.74. The lowest BCUT2D eigenvalue weighted by atomic mass is 9.98. The number of aliphatic carboxylic acids is 1. The number of likely N-dealkylation sites (N-methyl/N-ethyl adjacent to an activating group) is 1. The molecule has 2 aliphatic carbocycles. The Kier molecular flexibility index (Phi) is 9.54. The normalized spacial score (nSPS) is 18.2. The van der Waals surface area contributed by atoms with Crippen molar-refractivity contribution in [1.29, 1.82) is 0 Å². The van der Waals surface area contributed by atoms with E-state index in [4.69, 9.17) is 9.84 Å². The molecule has 3 atom stereocenters. The number of carbonyl (C=O) groups excluding carboxylic acids is 2. The zero-order valence-electron chi connectivity index (χ0n) is 24.0. The molecule has 0 saturated heterocycles. The number of fused-ring (bicyclic) bond motifs is 3. The third-order valence-electron chi connectivity index (χ3n) is 8.42. The van der Waals surface area contributed by atoms with E-state index in [1.54, 1.807) is 0 Å². The molecule has 3 N–H and O–H groups in total. The van der Waals surface area contributed by atoms with E-state index in [-0.39, 0.29) is 36.7 Å². The third kappa shape index (κ3) is 7.36. The van der Waals surface area contributed by atoms with Crippen LogP contribution in [0.25, 0.3) is 11.1 Å². The zero-order chi connectivity index (χ0) is 29.5. The van der Waals surface area contributed by atoms with Gasteiger partial charge in [0.2, 0.25) is 5.91 Å². The lowest BCUT2D eigenvalue weighted by Gasteiger charge is -2.25. The van der Waals surface area contributed by atoms with Crippen LogP contribution in [0.1, 0.15) is 48.3 Å². The highest BCUT2D eigenvalue weighted by Gasteiger charge is 2.31. The lowest BCUT2D eigenvalue weighted by Crippen LogP contribution is -2.52. The van der Waals surface area contributed by atoms with Crippen LogP contribution in [0.15, 0.2) is 78.9 Å². The number of carboxylic acid groups (broad SMARTS) is 1. The molecular weight excluding hydrogens is 530 g/mol. The van der Waals surface area contributed by atoms with E-state index in [0.717, 1.165) is 47.1 Å². The van der Waals surface area contributed by atoms with Gasteiger partial charge >= 0.3 is 12.1 Å². The minimum Gasteiger partial charge on any atom is -0.481 e. The highest BCUT2D eigenvalue weighted by molar-refractivity contribution is 5.86. The number of nitrogens with one attached hydrogen (secondary N) is 2. The molecule has 0 bridgehead atoms. The highest BCUT2D eigenvalue weighted by atomic mass is 16.5.